The van der Waals surface area contributed by atoms with Crippen LogP contribution in [0.25, 0.3) is 0 Å². The highest BCUT2D eigenvalue weighted by molar-refractivity contribution is 5.68. The Morgan fingerprint density at radius 2 is 2.00 bits per heavy atom. The maximum absolute atomic E-state index is 13.4. The summed E-state index contributed by atoms with van der Waals surface area (Å²) in [5.41, 5.74) is 7.92. The van der Waals surface area contributed by atoms with E-state index in [2.05, 4.69) is 4.90 Å². The number of rotatable bonds is 2. The van der Waals surface area contributed by atoms with E-state index in [1.807, 2.05) is 13.0 Å². The molecule has 1 aromatic carbocycles. The van der Waals surface area contributed by atoms with Crippen molar-refractivity contribution >= 4 is 11.4 Å². The van der Waals surface area contributed by atoms with E-state index in [0.717, 1.165) is 31.6 Å². The predicted molar refractivity (Wildman–Crippen MR) is 72.2 cm³/mol. The lowest BCUT2D eigenvalue weighted by atomic mass is 9.92. The van der Waals surface area contributed by atoms with Crippen LogP contribution in [0.15, 0.2) is 12.1 Å². The van der Waals surface area contributed by atoms with Gasteiger partial charge in [0.05, 0.1) is 17.5 Å². The zero-order chi connectivity index (χ0) is 13.3. The van der Waals surface area contributed by atoms with E-state index in [-0.39, 0.29) is 11.9 Å². The fourth-order valence-electron chi connectivity index (χ4n) is 2.58. The van der Waals surface area contributed by atoms with Crippen molar-refractivity contribution in [3.8, 4) is 0 Å². The van der Waals surface area contributed by atoms with Crippen LogP contribution in [0.4, 0.5) is 15.8 Å². The van der Waals surface area contributed by atoms with E-state index >= 15 is 0 Å². The third-order valence-electron chi connectivity index (χ3n) is 3.87. The number of aliphatic hydroxyl groups is 1. The van der Waals surface area contributed by atoms with Crippen LogP contribution in [0.1, 0.15) is 25.3 Å². The van der Waals surface area contributed by atoms with Crippen molar-refractivity contribution in [2.45, 2.75) is 32.8 Å². The lowest BCUT2D eigenvalue weighted by Crippen LogP contribution is -2.37. The largest absolute Gasteiger partial charge is 0.397 e. The maximum Gasteiger partial charge on any atom is 0.128 e. The smallest absolute Gasteiger partial charge is 0.128 e. The molecule has 1 unspecified atom stereocenters. The summed E-state index contributed by atoms with van der Waals surface area (Å²) < 4.78 is 13.4. The van der Waals surface area contributed by atoms with E-state index in [9.17, 15) is 9.50 Å². The molecule has 1 heterocycles. The minimum Gasteiger partial charge on any atom is -0.397 e. The van der Waals surface area contributed by atoms with Gasteiger partial charge in [0.15, 0.2) is 0 Å². The Hall–Kier alpha value is -1.29. The van der Waals surface area contributed by atoms with Gasteiger partial charge in [0.1, 0.15) is 5.82 Å². The van der Waals surface area contributed by atoms with Crippen molar-refractivity contribution in [2.24, 2.45) is 5.92 Å². The van der Waals surface area contributed by atoms with E-state index < -0.39 is 0 Å². The number of hydrogen-bond acceptors (Lipinski definition) is 3. The van der Waals surface area contributed by atoms with Gasteiger partial charge < -0.3 is 15.7 Å². The molecule has 0 spiro atoms. The molecule has 100 valence electrons. The van der Waals surface area contributed by atoms with Crippen molar-refractivity contribution in [3.63, 3.8) is 0 Å². The predicted octanol–water partition coefficient (Wildman–Crippen LogP) is 2.31. The first-order chi connectivity index (χ1) is 8.49. The first-order valence-corrected chi connectivity index (χ1v) is 6.47. The van der Waals surface area contributed by atoms with Gasteiger partial charge in [-0.05, 0) is 50.3 Å². The van der Waals surface area contributed by atoms with E-state index in [4.69, 9.17) is 5.73 Å². The number of aryl methyl sites for hydroxylation is 1. The fraction of sp³-hybridized carbons (Fsp3) is 0.571. The van der Waals surface area contributed by atoms with Gasteiger partial charge in [-0.25, -0.2) is 4.39 Å². The summed E-state index contributed by atoms with van der Waals surface area (Å²) in [5.74, 6) is 0.110. The Kier molecular flexibility index (Phi) is 3.76. The Morgan fingerprint density at radius 1 is 1.39 bits per heavy atom. The molecule has 4 heteroatoms. The molecule has 0 radical (unpaired) electrons. The molecule has 0 aliphatic carbocycles. The highest BCUT2D eigenvalue weighted by Gasteiger charge is 2.24. The van der Waals surface area contributed by atoms with Gasteiger partial charge >= 0.3 is 0 Å². The third kappa shape index (κ3) is 2.58. The first kappa shape index (κ1) is 13.1. The number of aliphatic hydroxyl groups excluding tert-OH is 1. The quantitative estimate of drug-likeness (QED) is 0.794. The molecule has 0 bridgehead atoms. The summed E-state index contributed by atoms with van der Waals surface area (Å²) in [6.45, 7) is 5.33. The van der Waals surface area contributed by atoms with Crippen LogP contribution in [0.5, 0.6) is 0 Å². The average Bonchev–Trinajstić information content (AvgIpc) is 2.34. The number of piperidine rings is 1. The normalized spacial score (nSPS) is 19.0. The number of nitrogens with zero attached hydrogens (tertiary/aromatic N) is 1. The molecule has 1 atom stereocenters. The summed E-state index contributed by atoms with van der Waals surface area (Å²) in [7, 11) is 0. The van der Waals surface area contributed by atoms with Gasteiger partial charge in [-0.2, -0.15) is 0 Å². The number of benzene rings is 1. The summed E-state index contributed by atoms with van der Waals surface area (Å²) in [6.07, 6.45) is 1.65. The van der Waals surface area contributed by atoms with Crippen molar-refractivity contribution in [3.05, 3.63) is 23.5 Å². The molecule has 1 fully saturated rings. The van der Waals surface area contributed by atoms with Crippen LogP contribution in [-0.2, 0) is 0 Å². The average molecular weight is 252 g/mol. The van der Waals surface area contributed by atoms with Gasteiger partial charge in [0.25, 0.3) is 0 Å². The standard InChI is InChI=1S/C14H21FN2O/c1-9-7-14(13(16)8-12(9)15)17-5-3-11(4-6-17)10(2)18/h7-8,10-11,18H,3-6,16H2,1-2H3. The van der Waals surface area contributed by atoms with Crippen LogP contribution in [0.3, 0.4) is 0 Å². The molecule has 0 aromatic heterocycles. The van der Waals surface area contributed by atoms with Crippen molar-refractivity contribution in [1.29, 1.82) is 0 Å². The second-order valence-electron chi connectivity index (χ2n) is 5.23. The Bertz CT molecular complexity index is 426. The van der Waals surface area contributed by atoms with Crippen LogP contribution >= 0.6 is 0 Å². The zero-order valence-electron chi connectivity index (χ0n) is 11.0. The van der Waals surface area contributed by atoms with Gasteiger partial charge in [-0.15, -0.1) is 0 Å². The highest BCUT2D eigenvalue weighted by atomic mass is 19.1. The monoisotopic (exact) mass is 252 g/mol. The second-order valence-corrected chi connectivity index (χ2v) is 5.23. The fourth-order valence-corrected chi connectivity index (χ4v) is 2.58. The number of anilines is 2. The van der Waals surface area contributed by atoms with Crippen molar-refractivity contribution < 1.29 is 9.50 Å². The van der Waals surface area contributed by atoms with Gasteiger partial charge in [0, 0.05) is 13.1 Å². The number of nitrogen functional groups attached to an aromatic ring is 1. The minimum absolute atomic E-state index is 0.251. The molecular weight excluding hydrogens is 231 g/mol. The van der Waals surface area contributed by atoms with E-state index in [1.165, 1.54) is 6.07 Å². The molecule has 1 aromatic rings. The van der Waals surface area contributed by atoms with Crippen LogP contribution < -0.4 is 10.6 Å². The highest BCUT2D eigenvalue weighted by Crippen LogP contribution is 2.31. The molecule has 1 saturated heterocycles. The molecular formula is C14H21FN2O. The summed E-state index contributed by atoms with van der Waals surface area (Å²) in [5, 5.41) is 9.58. The zero-order valence-corrected chi connectivity index (χ0v) is 11.0. The van der Waals surface area contributed by atoms with Gasteiger partial charge in [-0.1, -0.05) is 0 Å². The molecule has 1 aliphatic rings. The van der Waals surface area contributed by atoms with Crippen LogP contribution in [0, 0.1) is 18.7 Å². The number of hydrogen-bond donors (Lipinski definition) is 2. The summed E-state index contributed by atoms with van der Waals surface area (Å²) >= 11 is 0. The lowest BCUT2D eigenvalue weighted by molar-refractivity contribution is 0.110. The summed E-state index contributed by atoms with van der Waals surface area (Å²) in [6, 6.07) is 3.21. The summed E-state index contributed by atoms with van der Waals surface area (Å²) in [4.78, 5) is 2.18. The van der Waals surface area contributed by atoms with Gasteiger partial charge in [-0.3, -0.25) is 0 Å². The van der Waals surface area contributed by atoms with E-state index in [1.54, 1.807) is 6.92 Å². The third-order valence-corrected chi connectivity index (χ3v) is 3.87. The van der Waals surface area contributed by atoms with Crippen LogP contribution in [0.2, 0.25) is 0 Å². The molecule has 3 nitrogen and oxygen atoms in total. The molecule has 3 N–H and O–H groups in total. The SMILES string of the molecule is Cc1cc(N2CCC(C(C)O)CC2)c(N)cc1F. The van der Waals surface area contributed by atoms with E-state index in [0.29, 0.717) is 17.2 Å². The molecule has 0 saturated carbocycles. The molecule has 0 amide bonds. The number of nitrogens with two attached hydrogens (primary N) is 1. The Labute approximate surface area is 107 Å². The molecule has 18 heavy (non-hydrogen) atoms. The second kappa shape index (κ2) is 5.14. The van der Waals surface area contributed by atoms with Crippen molar-refractivity contribution in [1.82, 2.24) is 0 Å². The van der Waals surface area contributed by atoms with Crippen molar-refractivity contribution in [2.75, 3.05) is 23.7 Å². The molecule has 1 aliphatic heterocycles. The lowest BCUT2D eigenvalue weighted by Gasteiger charge is -2.35. The van der Waals surface area contributed by atoms with Gasteiger partial charge in [0.2, 0.25) is 0 Å². The molecule has 2 rings (SSSR count). The minimum atomic E-state index is -0.255. The van der Waals surface area contributed by atoms with Crippen LogP contribution in [-0.4, -0.2) is 24.3 Å². The maximum atomic E-state index is 13.4. The Balaban J connectivity index is 2.12. The Morgan fingerprint density at radius 3 is 2.56 bits per heavy atom. The first-order valence-electron chi connectivity index (χ1n) is 6.47. The number of halogens is 1. The topological polar surface area (TPSA) is 49.5 Å².